The first-order valence-corrected chi connectivity index (χ1v) is 23.9. The van der Waals surface area contributed by atoms with Crippen LogP contribution in [-0.4, -0.2) is 290 Å². The molecule has 0 radical (unpaired) electrons. The average Bonchev–Trinajstić information content (AvgIpc) is 3.38. The molecule has 30 nitrogen and oxygen atoms in total. The molecule has 0 spiro atoms. The molecule has 0 saturated carbocycles. The van der Waals surface area contributed by atoms with Crippen LogP contribution < -0.4 is 10.6 Å². The van der Waals surface area contributed by atoms with Crippen molar-refractivity contribution < 1.29 is 137 Å². The molecular weight excluding hydrogens is 992 g/mol. The number of amides is 2. The number of methoxy groups -OCH3 is 1. The predicted molar refractivity (Wildman–Crippen MR) is 238 cm³/mol. The van der Waals surface area contributed by atoms with Gasteiger partial charge in [0.05, 0.1) is 92.9 Å². The highest BCUT2D eigenvalue weighted by atomic mass is 16.7. The largest absolute Gasteiger partial charge is 0.469 e. The first kappa shape index (κ1) is 64.7. The van der Waals surface area contributed by atoms with Crippen molar-refractivity contribution in [1.29, 1.82) is 0 Å². The van der Waals surface area contributed by atoms with Gasteiger partial charge in [-0.05, 0) is 32.1 Å². The van der Waals surface area contributed by atoms with Gasteiger partial charge in [-0.3, -0.25) is 14.4 Å². The summed E-state index contributed by atoms with van der Waals surface area (Å²) in [6.45, 7) is -4.43. The van der Waals surface area contributed by atoms with Gasteiger partial charge >= 0.3 is 5.97 Å². The Morgan fingerprint density at radius 2 is 0.808 bits per heavy atom. The highest BCUT2D eigenvalue weighted by molar-refractivity contribution is 5.85. The number of ether oxygens (including phenoxy) is 13. The summed E-state index contributed by atoms with van der Waals surface area (Å²) in [7, 11) is 1.25. The monoisotopic (exact) mass is 1070 g/mol. The molecule has 30 heteroatoms. The Bertz CT molecular complexity index is 1380. The van der Waals surface area contributed by atoms with Crippen LogP contribution in [0.2, 0.25) is 0 Å². The van der Waals surface area contributed by atoms with E-state index in [0.29, 0.717) is 12.8 Å². The number of carbonyl (C=O) groups is 3. The molecule has 2 amide bonds. The Hall–Kier alpha value is -2.55. The van der Waals surface area contributed by atoms with E-state index in [1.165, 1.54) is 7.11 Å². The minimum atomic E-state index is -1.62. The lowest BCUT2D eigenvalue weighted by Gasteiger charge is -2.39. The second-order valence-corrected chi connectivity index (χ2v) is 17.3. The van der Waals surface area contributed by atoms with Crippen molar-refractivity contribution >= 4 is 17.8 Å². The van der Waals surface area contributed by atoms with Gasteiger partial charge in [0.1, 0.15) is 99.2 Å². The standard InChI is InChI=1S/C43H78N2O28/c1-61-30(51)8-3-2-7-28(49)44-15-29(50)45-43(19-65-22-62-9-4-12-68-40-37(58)34(55)31(52)25(16-46)71-40,20-66-23-63-10-5-13-69-41-38(59)35(56)32(53)26(17-47)72-41)21-67-24-64-11-6-14-70-42-39(60)36(57)33(54)27(18-48)73-42/h25-27,31-42,46-48,52-60H,2-24H2,1H3,(H,44,49)(H,45,50)/t25-,26-,27-,31+,32+,33+,34+,35+,36+,37-,38-,39-,40-,41-,42-/m1/s1. The number of nitrogens with one attached hydrogen (secondary N) is 2. The quantitative estimate of drug-likeness (QED) is 0.0155. The molecule has 3 aliphatic rings. The Labute approximate surface area is 421 Å². The lowest BCUT2D eigenvalue weighted by Crippen LogP contribution is -2.60. The highest BCUT2D eigenvalue weighted by Crippen LogP contribution is 2.24. The van der Waals surface area contributed by atoms with Crippen molar-refractivity contribution in [2.75, 3.05) is 113 Å². The van der Waals surface area contributed by atoms with Crippen LogP contribution in [0.4, 0.5) is 0 Å². The van der Waals surface area contributed by atoms with Crippen molar-refractivity contribution in [3.63, 3.8) is 0 Å². The van der Waals surface area contributed by atoms with Crippen LogP contribution in [0.25, 0.3) is 0 Å². The van der Waals surface area contributed by atoms with Crippen LogP contribution in [-0.2, 0) is 76.0 Å². The molecule has 428 valence electrons. The second kappa shape index (κ2) is 35.7. The van der Waals surface area contributed by atoms with E-state index in [2.05, 4.69) is 15.4 Å². The smallest absolute Gasteiger partial charge is 0.305 e. The first-order chi connectivity index (χ1) is 35.0. The Balaban J connectivity index is 1.59. The van der Waals surface area contributed by atoms with Crippen LogP contribution in [0.1, 0.15) is 44.9 Å². The van der Waals surface area contributed by atoms with E-state index in [0.717, 1.165) is 0 Å². The third-order valence-electron chi connectivity index (χ3n) is 11.4. The second-order valence-electron chi connectivity index (χ2n) is 17.3. The van der Waals surface area contributed by atoms with E-state index in [9.17, 15) is 75.7 Å². The summed E-state index contributed by atoms with van der Waals surface area (Å²) in [6, 6.07) is 0. The number of unbranched alkanes of at least 4 members (excludes halogenated alkanes) is 1. The van der Waals surface area contributed by atoms with Gasteiger partial charge in [-0.1, -0.05) is 0 Å². The summed E-state index contributed by atoms with van der Waals surface area (Å²) in [5, 5.41) is 124. The van der Waals surface area contributed by atoms with Crippen molar-refractivity contribution in [2.45, 2.75) is 143 Å². The Morgan fingerprint density at radius 3 is 1.15 bits per heavy atom. The minimum absolute atomic E-state index is 0.0193. The van der Waals surface area contributed by atoms with Gasteiger partial charge in [0.25, 0.3) is 0 Å². The molecule has 0 aromatic carbocycles. The van der Waals surface area contributed by atoms with E-state index in [1.807, 2.05) is 0 Å². The molecule has 0 unspecified atom stereocenters. The lowest BCUT2D eigenvalue weighted by molar-refractivity contribution is -0.301. The summed E-state index contributed by atoms with van der Waals surface area (Å²) in [6.07, 6.45) is -20.2. The molecule has 15 atom stereocenters. The van der Waals surface area contributed by atoms with Gasteiger partial charge in [0.2, 0.25) is 11.8 Å². The van der Waals surface area contributed by atoms with Gasteiger partial charge in [-0.15, -0.1) is 0 Å². The van der Waals surface area contributed by atoms with Crippen molar-refractivity contribution in [3.8, 4) is 0 Å². The molecular formula is C43H78N2O28. The zero-order valence-electron chi connectivity index (χ0n) is 40.8. The highest BCUT2D eigenvalue weighted by Gasteiger charge is 2.46. The summed E-state index contributed by atoms with van der Waals surface area (Å²) < 4.78 is 71.1. The maximum absolute atomic E-state index is 13.4. The fraction of sp³-hybridized carbons (Fsp3) is 0.930. The summed E-state index contributed by atoms with van der Waals surface area (Å²) in [5.74, 6) is -1.58. The van der Waals surface area contributed by atoms with E-state index >= 15 is 0 Å². The van der Waals surface area contributed by atoms with Crippen molar-refractivity contribution in [1.82, 2.24) is 10.6 Å². The van der Waals surface area contributed by atoms with Crippen LogP contribution >= 0.6 is 0 Å². The summed E-state index contributed by atoms with van der Waals surface area (Å²) in [4.78, 5) is 37.4. The number of carbonyl (C=O) groups excluding carboxylic acids is 3. The predicted octanol–water partition coefficient (Wildman–Crippen LogP) is -7.72. The first-order valence-electron chi connectivity index (χ1n) is 23.9. The van der Waals surface area contributed by atoms with Gasteiger partial charge in [0.15, 0.2) is 18.9 Å². The Kier molecular flexibility index (Phi) is 31.7. The fourth-order valence-corrected chi connectivity index (χ4v) is 7.26. The number of aliphatic hydroxyl groups is 12. The van der Waals surface area contributed by atoms with E-state index in [-0.39, 0.29) is 112 Å². The molecule has 3 aliphatic heterocycles. The number of hydrogen-bond acceptors (Lipinski definition) is 28. The normalized spacial score (nSPS) is 30.8. The third kappa shape index (κ3) is 22.5. The number of aliphatic hydroxyl groups excluding tert-OH is 12. The maximum atomic E-state index is 13.4. The molecule has 0 aliphatic carbocycles. The van der Waals surface area contributed by atoms with Gasteiger partial charge < -0.3 is 133 Å². The van der Waals surface area contributed by atoms with E-state index < -0.39 is 142 Å². The minimum Gasteiger partial charge on any atom is -0.469 e. The van der Waals surface area contributed by atoms with Crippen LogP contribution in [0.5, 0.6) is 0 Å². The molecule has 3 heterocycles. The Morgan fingerprint density at radius 1 is 0.452 bits per heavy atom. The SMILES string of the molecule is COC(=O)CCCCC(=O)NCC(=O)NC(COCOCCCO[C@@H]1O[C@H](CO)[C@H](O)[C@H](O)[C@H]1O)(COCOCCCO[C@@H]1O[C@H](CO)[C@H](O)[C@H](O)[C@H]1O)COCOCCCO[C@@H]1O[C@H](CO)[C@H](O)[C@H](O)[C@H]1O. The summed E-state index contributed by atoms with van der Waals surface area (Å²) in [5.41, 5.74) is -1.52. The summed E-state index contributed by atoms with van der Waals surface area (Å²) >= 11 is 0. The van der Waals surface area contributed by atoms with Gasteiger partial charge in [-0.2, -0.15) is 0 Å². The lowest BCUT2D eigenvalue weighted by atomic mass is 9.99. The topological polar surface area (TPSA) is 438 Å². The fourth-order valence-electron chi connectivity index (χ4n) is 7.26. The van der Waals surface area contributed by atoms with Crippen molar-refractivity contribution in [3.05, 3.63) is 0 Å². The molecule has 14 N–H and O–H groups in total. The third-order valence-corrected chi connectivity index (χ3v) is 11.4. The van der Waals surface area contributed by atoms with E-state index in [1.54, 1.807) is 0 Å². The number of hydrogen-bond donors (Lipinski definition) is 14. The molecule has 3 rings (SSSR count). The van der Waals surface area contributed by atoms with Crippen LogP contribution in [0, 0.1) is 0 Å². The number of esters is 1. The van der Waals surface area contributed by atoms with Crippen LogP contribution in [0.15, 0.2) is 0 Å². The molecule has 3 saturated heterocycles. The maximum Gasteiger partial charge on any atom is 0.305 e. The number of rotatable bonds is 38. The molecule has 0 aromatic rings. The van der Waals surface area contributed by atoms with Gasteiger partial charge in [-0.25, -0.2) is 0 Å². The molecule has 3 fully saturated rings. The molecule has 0 bridgehead atoms. The van der Waals surface area contributed by atoms with Crippen molar-refractivity contribution in [2.24, 2.45) is 0 Å². The molecule has 0 aromatic heterocycles. The molecule has 73 heavy (non-hydrogen) atoms. The van der Waals surface area contributed by atoms with E-state index in [4.69, 9.17) is 56.8 Å². The zero-order valence-corrected chi connectivity index (χ0v) is 40.8. The average molecular weight is 1070 g/mol. The van der Waals surface area contributed by atoms with Crippen LogP contribution in [0.3, 0.4) is 0 Å². The van der Waals surface area contributed by atoms with Gasteiger partial charge in [0, 0.05) is 12.8 Å². The zero-order chi connectivity index (χ0) is 53.8.